The highest BCUT2D eigenvalue weighted by Crippen LogP contribution is 2.20. The largest absolute Gasteiger partial charge is 0.391 e. The summed E-state index contributed by atoms with van der Waals surface area (Å²) in [6.07, 6.45) is 2.49. The predicted octanol–water partition coefficient (Wildman–Crippen LogP) is 2.38. The summed E-state index contributed by atoms with van der Waals surface area (Å²) in [5.41, 5.74) is 0.172. The van der Waals surface area contributed by atoms with E-state index in [-0.39, 0.29) is 17.1 Å². The Morgan fingerprint density at radius 3 is 2.94 bits per heavy atom. The maximum atomic E-state index is 13.4. The van der Waals surface area contributed by atoms with E-state index in [2.05, 4.69) is 5.32 Å². The fourth-order valence-corrected chi connectivity index (χ4v) is 1.48. The van der Waals surface area contributed by atoms with Gasteiger partial charge in [-0.25, -0.2) is 4.39 Å². The van der Waals surface area contributed by atoms with Gasteiger partial charge in [0.15, 0.2) is 0 Å². The Bertz CT molecular complexity index is 428. The van der Waals surface area contributed by atoms with Crippen LogP contribution in [0.15, 0.2) is 24.3 Å². The predicted molar refractivity (Wildman–Crippen MR) is 69.8 cm³/mol. The van der Waals surface area contributed by atoms with Crippen LogP contribution in [0.2, 0.25) is 5.02 Å². The number of halogens is 2. The van der Waals surface area contributed by atoms with Gasteiger partial charge in [-0.15, -0.1) is 0 Å². The molecular weight excluding hydrogens is 257 g/mol. The SMILES string of the molecule is CCC(O)CNC(=O)/C=C/c1c(F)cccc1Cl. The first kappa shape index (κ1) is 14.7. The molecule has 1 rings (SSSR count). The Kier molecular flexibility index (Phi) is 5.82. The molecule has 2 N–H and O–H groups in total. The molecule has 0 saturated heterocycles. The fourth-order valence-electron chi connectivity index (χ4n) is 1.25. The van der Waals surface area contributed by atoms with E-state index in [1.165, 1.54) is 24.3 Å². The number of rotatable bonds is 5. The molecule has 0 bridgehead atoms. The average Bonchev–Trinajstić information content (AvgIpc) is 2.35. The van der Waals surface area contributed by atoms with Crippen molar-refractivity contribution in [2.24, 2.45) is 0 Å². The Morgan fingerprint density at radius 2 is 2.33 bits per heavy atom. The van der Waals surface area contributed by atoms with Crippen molar-refractivity contribution >= 4 is 23.6 Å². The maximum absolute atomic E-state index is 13.4. The maximum Gasteiger partial charge on any atom is 0.244 e. The second-order valence-corrected chi connectivity index (χ2v) is 4.18. The van der Waals surface area contributed by atoms with Crippen molar-refractivity contribution in [2.75, 3.05) is 6.54 Å². The Hall–Kier alpha value is -1.39. The molecule has 0 aliphatic carbocycles. The summed E-state index contributed by atoms with van der Waals surface area (Å²) in [6.45, 7) is 1.98. The second kappa shape index (κ2) is 7.13. The summed E-state index contributed by atoms with van der Waals surface area (Å²) in [5, 5.41) is 12.0. The molecule has 1 atom stereocenters. The molecule has 0 saturated carbocycles. The van der Waals surface area contributed by atoms with Crippen LogP contribution in [0.5, 0.6) is 0 Å². The van der Waals surface area contributed by atoms with Gasteiger partial charge in [0.2, 0.25) is 5.91 Å². The summed E-state index contributed by atoms with van der Waals surface area (Å²) in [4.78, 5) is 11.4. The lowest BCUT2D eigenvalue weighted by molar-refractivity contribution is -0.116. The Labute approximate surface area is 110 Å². The molecule has 0 fully saturated rings. The third kappa shape index (κ3) is 4.47. The Balaban J connectivity index is 2.61. The van der Waals surface area contributed by atoms with Gasteiger partial charge in [-0.1, -0.05) is 24.6 Å². The molecule has 1 unspecified atom stereocenters. The number of carbonyl (C=O) groups excluding carboxylic acids is 1. The quantitative estimate of drug-likeness (QED) is 0.808. The van der Waals surface area contributed by atoms with E-state index in [9.17, 15) is 14.3 Å². The van der Waals surface area contributed by atoms with Crippen molar-refractivity contribution in [2.45, 2.75) is 19.4 Å². The summed E-state index contributed by atoms with van der Waals surface area (Å²) in [7, 11) is 0. The molecule has 3 nitrogen and oxygen atoms in total. The first-order chi connectivity index (χ1) is 8.54. The minimum atomic E-state index is -0.570. The van der Waals surface area contributed by atoms with E-state index < -0.39 is 17.8 Å². The Morgan fingerprint density at radius 1 is 1.61 bits per heavy atom. The van der Waals surface area contributed by atoms with Crippen molar-refractivity contribution in [3.63, 3.8) is 0 Å². The van der Waals surface area contributed by atoms with Gasteiger partial charge in [0.25, 0.3) is 0 Å². The van der Waals surface area contributed by atoms with Crippen molar-refractivity contribution < 1.29 is 14.3 Å². The zero-order chi connectivity index (χ0) is 13.5. The topological polar surface area (TPSA) is 49.3 Å². The molecule has 18 heavy (non-hydrogen) atoms. The molecule has 0 aliphatic rings. The molecular formula is C13H15ClFNO2. The molecule has 0 spiro atoms. The van der Waals surface area contributed by atoms with E-state index in [4.69, 9.17) is 11.6 Å². The van der Waals surface area contributed by atoms with Gasteiger partial charge in [0, 0.05) is 18.2 Å². The van der Waals surface area contributed by atoms with Crippen LogP contribution in [0.25, 0.3) is 6.08 Å². The molecule has 98 valence electrons. The summed E-state index contributed by atoms with van der Waals surface area (Å²) < 4.78 is 13.4. The monoisotopic (exact) mass is 271 g/mol. The average molecular weight is 272 g/mol. The zero-order valence-corrected chi connectivity index (χ0v) is 10.7. The lowest BCUT2D eigenvalue weighted by atomic mass is 10.2. The van der Waals surface area contributed by atoms with Gasteiger partial charge in [0.05, 0.1) is 11.1 Å². The van der Waals surface area contributed by atoms with Crippen LogP contribution in [0.1, 0.15) is 18.9 Å². The van der Waals surface area contributed by atoms with E-state index in [0.29, 0.717) is 6.42 Å². The number of aliphatic hydroxyl groups excluding tert-OH is 1. The number of amides is 1. The van der Waals surface area contributed by atoms with Gasteiger partial charge >= 0.3 is 0 Å². The van der Waals surface area contributed by atoms with Crippen molar-refractivity contribution in [1.82, 2.24) is 5.32 Å². The fraction of sp³-hybridized carbons (Fsp3) is 0.308. The first-order valence-electron chi connectivity index (χ1n) is 5.62. The highest BCUT2D eigenvalue weighted by Gasteiger charge is 2.05. The standard InChI is InChI=1S/C13H15ClFNO2/c1-2-9(17)8-16-13(18)7-6-10-11(14)4-3-5-12(10)15/h3-7,9,17H,2,8H2,1H3,(H,16,18)/b7-6+. The van der Waals surface area contributed by atoms with Crippen LogP contribution in [-0.2, 0) is 4.79 Å². The number of aliphatic hydroxyl groups is 1. The van der Waals surface area contributed by atoms with Crippen LogP contribution in [0, 0.1) is 5.82 Å². The molecule has 1 aromatic carbocycles. The van der Waals surface area contributed by atoms with E-state index in [1.54, 1.807) is 6.07 Å². The van der Waals surface area contributed by atoms with Gasteiger partial charge in [-0.2, -0.15) is 0 Å². The number of nitrogens with one attached hydrogen (secondary N) is 1. The molecule has 1 amide bonds. The van der Waals surface area contributed by atoms with Gasteiger partial charge in [-0.05, 0) is 24.6 Å². The van der Waals surface area contributed by atoms with E-state index in [1.807, 2.05) is 6.92 Å². The van der Waals surface area contributed by atoms with Gasteiger partial charge in [0.1, 0.15) is 5.82 Å². The molecule has 0 heterocycles. The lowest BCUT2D eigenvalue weighted by Gasteiger charge is -2.07. The lowest BCUT2D eigenvalue weighted by Crippen LogP contribution is -2.30. The van der Waals surface area contributed by atoms with Crippen LogP contribution in [-0.4, -0.2) is 23.7 Å². The van der Waals surface area contributed by atoms with Gasteiger partial charge in [-0.3, -0.25) is 4.79 Å². The molecule has 0 aliphatic heterocycles. The number of benzene rings is 1. The first-order valence-corrected chi connectivity index (χ1v) is 6.00. The number of carbonyl (C=O) groups is 1. The molecule has 0 aromatic heterocycles. The molecule has 0 radical (unpaired) electrons. The second-order valence-electron chi connectivity index (χ2n) is 3.78. The van der Waals surface area contributed by atoms with Crippen LogP contribution < -0.4 is 5.32 Å². The van der Waals surface area contributed by atoms with Crippen LogP contribution >= 0.6 is 11.6 Å². The van der Waals surface area contributed by atoms with Crippen LogP contribution in [0.3, 0.4) is 0 Å². The summed E-state index contributed by atoms with van der Waals surface area (Å²) >= 11 is 5.80. The number of hydrogen-bond donors (Lipinski definition) is 2. The molecule has 5 heteroatoms. The minimum Gasteiger partial charge on any atom is -0.391 e. The van der Waals surface area contributed by atoms with E-state index >= 15 is 0 Å². The van der Waals surface area contributed by atoms with Crippen LogP contribution in [0.4, 0.5) is 4.39 Å². The summed E-state index contributed by atoms with van der Waals surface area (Å²) in [5.74, 6) is -0.887. The highest BCUT2D eigenvalue weighted by molar-refractivity contribution is 6.32. The number of hydrogen-bond acceptors (Lipinski definition) is 2. The summed E-state index contributed by atoms with van der Waals surface area (Å²) in [6, 6.07) is 4.31. The smallest absolute Gasteiger partial charge is 0.244 e. The zero-order valence-electron chi connectivity index (χ0n) is 9.99. The van der Waals surface area contributed by atoms with Crippen molar-refractivity contribution in [3.8, 4) is 0 Å². The minimum absolute atomic E-state index is 0.171. The third-order valence-electron chi connectivity index (χ3n) is 2.38. The van der Waals surface area contributed by atoms with Gasteiger partial charge < -0.3 is 10.4 Å². The van der Waals surface area contributed by atoms with Crippen molar-refractivity contribution in [1.29, 1.82) is 0 Å². The third-order valence-corrected chi connectivity index (χ3v) is 2.71. The van der Waals surface area contributed by atoms with E-state index in [0.717, 1.165) is 0 Å². The highest BCUT2D eigenvalue weighted by atomic mass is 35.5. The normalized spacial score (nSPS) is 12.7. The molecule has 1 aromatic rings. The van der Waals surface area contributed by atoms with Crippen molar-refractivity contribution in [3.05, 3.63) is 40.7 Å².